The van der Waals surface area contributed by atoms with Crippen molar-refractivity contribution in [1.29, 1.82) is 0 Å². The van der Waals surface area contributed by atoms with E-state index in [1.807, 2.05) is 12.2 Å². The minimum absolute atomic E-state index is 0.0437. The van der Waals surface area contributed by atoms with E-state index in [0.717, 1.165) is 64.2 Å². The summed E-state index contributed by atoms with van der Waals surface area (Å²) < 4.78 is 37.4. The molecule has 4 N–H and O–H groups in total. The van der Waals surface area contributed by atoms with Crippen LogP contribution in [0.15, 0.2) is 12.2 Å². The molecule has 0 aliphatic rings. The first-order valence-electron chi connectivity index (χ1n) is 12.5. The summed E-state index contributed by atoms with van der Waals surface area (Å²) in [4.78, 5) is 34.6. The molecule has 0 rings (SSSR count). The highest BCUT2D eigenvalue weighted by Gasteiger charge is 2.36. The highest BCUT2D eigenvalue weighted by Crippen LogP contribution is 2.16. The lowest BCUT2D eigenvalue weighted by atomic mass is 10.1. The SMILES string of the molecule is CCCCCCC(C/C=C/CCCCCCCC(=O)NCCO)OC(=O)C(CC(=O)O)S(=O)(=O)O. The molecule has 0 fully saturated rings. The molecule has 2 atom stereocenters. The third-order valence-electron chi connectivity index (χ3n) is 5.42. The van der Waals surface area contributed by atoms with Crippen molar-refractivity contribution in [1.82, 2.24) is 5.32 Å². The van der Waals surface area contributed by atoms with Gasteiger partial charge in [-0.15, -0.1) is 0 Å². The third kappa shape index (κ3) is 19.0. The Balaban J connectivity index is 4.46. The van der Waals surface area contributed by atoms with Crippen LogP contribution in [0.4, 0.5) is 0 Å². The van der Waals surface area contributed by atoms with E-state index in [9.17, 15) is 27.4 Å². The molecule has 0 aromatic rings. The van der Waals surface area contributed by atoms with Crippen LogP contribution in [0.3, 0.4) is 0 Å². The number of allylic oxidation sites excluding steroid dienone is 1. The quantitative estimate of drug-likeness (QED) is 0.0722. The van der Waals surface area contributed by atoms with Crippen molar-refractivity contribution in [2.45, 2.75) is 108 Å². The summed E-state index contributed by atoms with van der Waals surface area (Å²) in [6, 6.07) is 0. The fourth-order valence-electron chi connectivity index (χ4n) is 3.46. The molecule has 0 bridgehead atoms. The Morgan fingerprint density at radius 2 is 1.63 bits per heavy atom. The fraction of sp³-hybridized carbons (Fsp3) is 0.792. The van der Waals surface area contributed by atoms with Crippen molar-refractivity contribution in [2.75, 3.05) is 13.2 Å². The highest BCUT2D eigenvalue weighted by molar-refractivity contribution is 7.87. The topological polar surface area (TPSA) is 167 Å². The first kappa shape index (κ1) is 33.0. The second kappa shape index (κ2) is 20.2. The van der Waals surface area contributed by atoms with Crippen LogP contribution in [0.25, 0.3) is 0 Å². The zero-order chi connectivity index (χ0) is 26.5. The van der Waals surface area contributed by atoms with Gasteiger partial charge in [0.2, 0.25) is 5.91 Å². The molecule has 35 heavy (non-hydrogen) atoms. The molecule has 0 aromatic heterocycles. The van der Waals surface area contributed by atoms with Crippen molar-refractivity contribution in [3.8, 4) is 0 Å². The van der Waals surface area contributed by atoms with Crippen molar-refractivity contribution in [3.05, 3.63) is 12.2 Å². The Kier molecular flexibility index (Phi) is 19.1. The molecular formula is C24H43NO9S. The van der Waals surface area contributed by atoms with Crippen molar-refractivity contribution in [3.63, 3.8) is 0 Å². The van der Waals surface area contributed by atoms with E-state index in [1.165, 1.54) is 0 Å². The molecule has 0 aliphatic heterocycles. The summed E-state index contributed by atoms with van der Waals surface area (Å²) in [7, 11) is -4.89. The number of esters is 1. The lowest BCUT2D eigenvalue weighted by Crippen LogP contribution is -2.36. The zero-order valence-electron chi connectivity index (χ0n) is 20.8. The second-order valence-corrected chi connectivity index (χ2v) is 10.2. The number of rotatable bonds is 22. The van der Waals surface area contributed by atoms with Gasteiger partial charge in [0.05, 0.1) is 13.0 Å². The minimum atomic E-state index is -4.89. The number of carbonyl (C=O) groups is 3. The molecule has 0 aliphatic carbocycles. The van der Waals surface area contributed by atoms with Gasteiger partial charge in [-0.25, -0.2) is 0 Å². The summed E-state index contributed by atoms with van der Waals surface area (Å²) in [6.45, 7) is 2.30. The number of aliphatic hydroxyl groups excluding tert-OH is 1. The molecule has 2 unspecified atom stereocenters. The van der Waals surface area contributed by atoms with Crippen LogP contribution >= 0.6 is 0 Å². The van der Waals surface area contributed by atoms with Crippen LogP contribution in [0.2, 0.25) is 0 Å². The first-order chi connectivity index (χ1) is 16.6. The number of carbonyl (C=O) groups excluding carboxylic acids is 2. The van der Waals surface area contributed by atoms with Crippen LogP contribution in [0.1, 0.15) is 96.8 Å². The van der Waals surface area contributed by atoms with Crippen LogP contribution in [-0.4, -0.2) is 65.5 Å². The Labute approximate surface area is 209 Å². The summed E-state index contributed by atoms with van der Waals surface area (Å²) in [5.74, 6) is -2.81. The lowest BCUT2D eigenvalue weighted by Gasteiger charge is -2.19. The van der Waals surface area contributed by atoms with Gasteiger partial charge in [-0.3, -0.25) is 18.9 Å². The number of carboxylic acid groups (broad SMARTS) is 1. The summed E-state index contributed by atoms with van der Waals surface area (Å²) >= 11 is 0. The highest BCUT2D eigenvalue weighted by atomic mass is 32.2. The minimum Gasteiger partial charge on any atom is -0.481 e. The van der Waals surface area contributed by atoms with E-state index < -0.39 is 39.8 Å². The van der Waals surface area contributed by atoms with Crippen LogP contribution in [0.5, 0.6) is 0 Å². The van der Waals surface area contributed by atoms with E-state index in [2.05, 4.69) is 12.2 Å². The maximum atomic E-state index is 12.3. The summed E-state index contributed by atoms with van der Waals surface area (Å²) in [5, 5.41) is 18.0. The van der Waals surface area contributed by atoms with Gasteiger partial charge in [0, 0.05) is 19.4 Å². The Hall–Kier alpha value is -1.98. The van der Waals surface area contributed by atoms with Crippen LogP contribution in [-0.2, 0) is 29.2 Å². The van der Waals surface area contributed by atoms with Crippen LogP contribution in [0, 0.1) is 0 Å². The van der Waals surface area contributed by atoms with E-state index in [4.69, 9.17) is 14.9 Å². The van der Waals surface area contributed by atoms with Gasteiger partial charge in [0.25, 0.3) is 10.1 Å². The number of aliphatic carboxylic acids is 1. The molecule has 10 nitrogen and oxygen atoms in total. The maximum Gasteiger partial charge on any atom is 0.327 e. The van der Waals surface area contributed by atoms with Gasteiger partial charge in [0.1, 0.15) is 6.10 Å². The van der Waals surface area contributed by atoms with Crippen LogP contribution < -0.4 is 5.32 Å². The van der Waals surface area contributed by atoms with Gasteiger partial charge >= 0.3 is 11.9 Å². The number of hydrogen-bond acceptors (Lipinski definition) is 7. The predicted octanol–water partition coefficient (Wildman–Crippen LogP) is 3.39. The van der Waals surface area contributed by atoms with Gasteiger partial charge < -0.3 is 20.3 Å². The molecule has 1 amide bonds. The number of nitrogens with one attached hydrogen (secondary N) is 1. The largest absolute Gasteiger partial charge is 0.481 e. The normalized spacial score (nSPS) is 13.5. The van der Waals surface area contributed by atoms with Gasteiger partial charge in [-0.05, 0) is 32.1 Å². The molecule has 0 radical (unpaired) electrons. The smallest absolute Gasteiger partial charge is 0.327 e. The Morgan fingerprint density at radius 1 is 0.971 bits per heavy atom. The number of aliphatic hydroxyl groups is 1. The van der Waals surface area contributed by atoms with E-state index >= 15 is 0 Å². The molecular weight excluding hydrogens is 478 g/mol. The van der Waals surface area contributed by atoms with E-state index in [-0.39, 0.29) is 19.1 Å². The van der Waals surface area contributed by atoms with E-state index in [1.54, 1.807) is 0 Å². The van der Waals surface area contributed by atoms with Crippen molar-refractivity contribution in [2.24, 2.45) is 0 Å². The Bertz CT molecular complexity index is 737. The molecule has 0 spiro atoms. The number of hydrogen-bond donors (Lipinski definition) is 4. The predicted molar refractivity (Wildman–Crippen MR) is 132 cm³/mol. The molecule has 0 aromatic carbocycles. The molecule has 204 valence electrons. The van der Waals surface area contributed by atoms with E-state index in [0.29, 0.717) is 19.3 Å². The molecule has 0 saturated heterocycles. The maximum absolute atomic E-state index is 12.3. The molecule has 0 saturated carbocycles. The van der Waals surface area contributed by atoms with Gasteiger partial charge in [-0.2, -0.15) is 8.42 Å². The second-order valence-electron chi connectivity index (χ2n) is 8.60. The first-order valence-corrected chi connectivity index (χ1v) is 14.0. The number of amides is 1. The average Bonchev–Trinajstić information content (AvgIpc) is 2.78. The van der Waals surface area contributed by atoms with Gasteiger partial charge in [0.15, 0.2) is 5.25 Å². The third-order valence-corrected chi connectivity index (χ3v) is 6.50. The van der Waals surface area contributed by atoms with Gasteiger partial charge in [-0.1, -0.05) is 57.6 Å². The van der Waals surface area contributed by atoms with Crippen molar-refractivity contribution >= 4 is 28.0 Å². The average molecular weight is 522 g/mol. The monoisotopic (exact) mass is 521 g/mol. The molecule has 0 heterocycles. The standard InChI is InChI=1S/C24H43NO9S/c1-2-3-4-11-14-20(34-24(30)21(19-23(28)29)35(31,32)33)15-12-9-7-5-6-8-10-13-16-22(27)25-17-18-26/h9,12,20-21,26H,2-8,10-11,13-19H2,1H3,(H,25,27)(H,28,29)(H,31,32,33)/b12-9+. The Morgan fingerprint density at radius 3 is 2.26 bits per heavy atom. The molecule has 11 heteroatoms. The number of carboxylic acids is 1. The summed E-state index contributed by atoms with van der Waals surface area (Å²) in [5.41, 5.74) is 0. The fourth-order valence-corrected chi connectivity index (χ4v) is 4.11. The lowest BCUT2D eigenvalue weighted by molar-refractivity contribution is -0.151. The number of unbranched alkanes of at least 4 members (excludes halogenated alkanes) is 8. The summed E-state index contributed by atoms with van der Waals surface area (Å²) in [6.07, 6.45) is 13.0. The van der Waals surface area contributed by atoms with Crippen molar-refractivity contribution < 1.29 is 42.3 Å². The number of ether oxygens (including phenoxy) is 1. The zero-order valence-corrected chi connectivity index (χ0v) is 21.6.